The monoisotopic (exact) mass is 657 g/mol. The van der Waals surface area contributed by atoms with Gasteiger partial charge in [0.1, 0.15) is 17.3 Å². The van der Waals surface area contributed by atoms with Gasteiger partial charge in [-0.25, -0.2) is 19.9 Å². The number of hydrogen-bond donors (Lipinski definition) is 0. The third-order valence-electron chi connectivity index (χ3n) is 9.21. The van der Waals surface area contributed by atoms with E-state index in [1.165, 1.54) is 0 Å². The molecule has 1 aliphatic carbocycles. The molecule has 4 aromatic heterocycles. The summed E-state index contributed by atoms with van der Waals surface area (Å²) in [7, 11) is 3.41. The molecule has 47 heavy (non-hydrogen) atoms. The van der Waals surface area contributed by atoms with Crippen LogP contribution in [0, 0.1) is 17.3 Å². The molecule has 0 bridgehead atoms. The molecule has 0 aliphatic heterocycles. The van der Waals surface area contributed by atoms with Crippen molar-refractivity contribution in [1.29, 1.82) is 0 Å². The predicted octanol–water partition coefficient (Wildman–Crippen LogP) is 8.22. The number of hydrogen-bond acceptors (Lipinski definition) is 8. The highest BCUT2D eigenvalue weighted by molar-refractivity contribution is 6.32. The Balaban J connectivity index is 1.32. The van der Waals surface area contributed by atoms with Gasteiger partial charge >= 0.3 is 6.01 Å². The van der Waals surface area contributed by atoms with Crippen molar-refractivity contribution in [3.8, 4) is 28.5 Å². The molecule has 9 nitrogen and oxygen atoms in total. The summed E-state index contributed by atoms with van der Waals surface area (Å²) < 4.78 is 6.82. The van der Waals surface area contributed by atoms with E-state index in [0.717, 1.165) is 72.4 Å². The Morgan fingerprint density at radius 3 is 2.17 bits per heavy atom. The van der Waals surface area contributed by atoms with Crippen LogP contribution in [0.3, 0.4) is 0 Å². The van der Waals surface area contributed by atoms with Crippen LogP contribution in [0.25, 0.3) is 22.5 Å². The number of ether oxygens (including phenoxy) is 1. The molecule has 1 aliphatic rings. The summed E-state index contributed by atoms with van der Waals surface area (Å²) >= 11 is 6.58. The lowest BCUT2D eigenvalue weighted by Crippen LogP contribution is -2.28. The zero-order valence-corrected chi connectivity index (χ0v) is 29.8. The smallest absolute Gasteiger partial charge is 0.316 e. The number of halogens is 1. The minimum Gasteiger partial charge on any atom is -0.467 e. The zero-order chi connectivity index (χ0) is 33.9. The Morgan fingerprint density at radius 1 is 0.936 bits per heavy atom. The minimum atomic E-state index is -0.223. The third kappa shape index (κ3) is 8.61. The number of aromatic nitrogens is 7. The van der Waals surface area contributed by atoms with Crippen LogP contribution >= 0.6 is 11.6 Å². The molecule has 0 spiro atoms. The number of aryl methyl sites for hydroxylation is 1. The van der Waals surface area contributed by atoms with Gasteiger partial charge in [-0.15, -0.1) is 0 Å². The number of Topliss-reactive ketones (excluding diaryl/α,β-unsaturated/α-hetero) is 1. The molecule has 0 radical (unpaired) electrons. The number of carbonyl (C=O) groups excluding carboxylic acids is 1. The fourth-order valence-corrected chi connectivity index (χ4v) is 6.77. The first-order chi connectivity index (χ1) is 22.2. The largest absolute Gasteiger partial charge is 0.467 e. The number of carbonyl (C=O) groups is 1. The molecule has 0 saturated heterocycles. The van der Waals surface area contributed by atoms with Gasteiger partial charge < -0.3 is 4.74 Å². The van der Waals surface area contributed by atoms with Gasteiger partial charge in [0.05, 0.1) is 29.4 Å². The minimum absolute atomic E-state index is 0.0877. The Hall–Kier alpha value is -3.72. The van der Waals surface area contributed by atoms with Crippen molar-refractivity contribution in [2.75, 3.05) is 7.11 Å². The van der Waals surface area contributed by atoms with Gasteiger partial charge in [0, 0.05) is 67.6 Å². The third-order valence-corrected chi connectivity index (χ3v) is 9.48. The van der Waals surface area contributed by atoms with E-state index in [2.05, 4.69) is 56.6 Å². The second kappa shape index (κ2) is 14.2. The van der Waals surface area contributed by atoms with E-state index in [1.54, 1.807) is 24.2 Å². The van der Waals surface area contributed by atoms with Gasteiger partial charge in [0.15, 0.2) is 0 Å². The maximum Gasteiger partial charge on any atom is 0.316 e. The lowest BCUT2D eigenvalue weighted by atomic mass is 9.71. The normalized spacial score (nSPS) is 17.8. The maximum atomic E-state index is 13.9. The molecule has 4 heterocycles. The van der Waals surface area contributed by atoms with Crippen LogP contribution in [0.4, 0.5) is 0 Å². The summed E-state index contributed by atoms with van der Waals surface area (Å²) in [6.45, 7) is 13.0. The van der Waals surface area contributed by atoms with Crippen molar-refractivity contribution in [3.05, 3.63) is 65.2 Å². The molecule has 1 atom stereocenters. The average Bonchev–Trinajstić information content (AvgIpc) is 3.37. The van der Waals surface area contributed by atoms with E-state index in [9.17, 15) is 4.79 Å². The molecule has 1 saturated carbocycles. The highest BCUT2D eigenvalue weighted by Crippen LogP contribution is 2.41. The molecule has 10 heteroatoms. The molecule has 1 fully saturated rings. The van der Waals surface area contributed by atoms with E-state index in [4.69, 9.17) is 31.3 Å². The van der Waals surface area contributed by atoms with Crippen LogP contribution in [0.15, 0.2) is 43.1 Å². The Kier molecular flexibility index (Phi) is 10.4. The standard InChI is InChI=1S/C37H48ClN7O2/c1-36(2,3)16-15-30(46)32(29-14-13-25(18-39-29)26-19-41-35(47-8)42-20-26)24-11-9-23(10-12-24)17-31-40-21-27(37(4,5)6)33(43-31)34-28(38)22-45(7)44-34/h13-14,18-24,32H,9-12,15-17H2,1-8H3. The van der Waals surface area contributed by atoms with Gasteiger partial charge in [0.25, 0.3) is 0 Å². The van der Waals surface area contributed by atoms with Gasteiger partial charge in [-0.1, -0.05) is 59.2 Å². The summed E-state index contributed by atoms with van der Waals surface area (Å²) in [6.07, 6.45) is 15.2. The molecule has 5 rings (SSSR count). The first-order valence-corrected chi connectivity index (χ1v) is 17.0. The van der Waals surface area contributed by atoms with Gasteiger partial charge in [-0.3, -0.25) is 14.5 Å². The van der Waals surface area contributed by atoms with Crippen molar-refractivity contribution in [2.24, 2.45) is 24.3 Å². The van der Waals surface area contributed by atoms with E-state index in [0.29, 0.717) is 29.1 Å². The summed E-state index contributed by atoms with van der Waals surface area (Å²) in [5.74, 6) is 1.56. The van der Waals surface area contributed by atoms with Gasteiger partial charge in [0.2, 0.25) is 0 Å². The second-order valence-corrected chi connectivity index (χ2v) is 15.6. The fourth-order valence-electron chi connectivity index (χ4n) is 6.50. The van der Waals surface area contributed by atoms with Crippen molar-refractivity contribution >= 4 is 17.4 Å². The van der Waals surface area contributed by atoms with Crippen LogP contribution in [0.2, 0.25) is 5.02 Å². The van der Waals surface area contributed by atoms with Crippen LogP contribution in [-0.2, 0) is 23.7 Å². The number of nitrogens with zero attached hydrogens (tertiary/aromatic N) is 7. The molecular formula is C37H48ClN7O2. The summed E-state index contributed by atoms with van der Waals surface area (Å²) in [5.41, 5.74) is 5.07. The van der Waals surface area contributed by atoms with Crippen molar-refractivity contribution < 1.29 is 9.53 Å². The highest BCUT2D eigenvalue weighted by Gasteiger charge is 2.35. The molecule has 4 aromatic rings. The summed E-state index contributed by atoms with van der Waals surface area (Å²) in [4.78, 5) is 37.0. The van der Waals surface area contributed by atoms with Crippen molar-refractivity contribution in [1.82, 2.24) is 34.7 Å². The topological polar surface area (TPSA) is 109 Å². The van der Waals surface area contributed by atoms with Gasteiger partial charge in [-0.05, 0) is 60.8 Å². The van der Waals surface area contributed by atoms with E-state index in [-0.39, 0.29) is 28.4 Å². The summed E-state index contributed by atoms with van der Waals surface area (Å²) in [6, 6.07) is 4.36. The van der Waals surface area contributed by atoms with E-state index in [1.807, 2.05) is 37.8 Å². The number of ketones is 1. The quantitative estimate of drug-likeness (QED) is 0.168. The van der Waals surface area contributed by atoms with Crippen LogP contribution in [0.5, 0.6) is 6.01 Å². The second-order valence-electron chi connectivity index (χ2n) is 15.2. The Labute approximate surface area is 284 Å². The molecule has 0 aromatic carbocycles. The predicted molar refractivity (Wildman–Crippen MR) is 185 cm³/mol. The maximum absolute atomic E-state index is 13.9. The first kappa shape index (κ1) is 34.6. The van der Waals surface area contributed by atoms with Crippen molar-refractivity contribution in [3.63, 3.8) is 0 Å². The van der Waals surface area contributed by atoms with Crippen molar-refractivity contribution in [2.45, 2.75) is 97.8 Å². The number of rotatable bonds is 10. The molecule has 0 N–H and O–H groups in total. The number of pyridine rings is 1. The molecular weight excluding hydrogens is 610 g/mol. The highest BCUT2D eigenvalue weighted by atomic mass is 35.5. The summed E-state index contributed by atoms with van der Waals surface area (Å²) in [5, 5.41) is 5.21. The van der Waals surface area contributed by atoms with E-state index < -0.39 is 0 Å². The SMILES string of the molecule is COc1ncc(-c2ccc(C(C(=O)CCC(C)(C)C)C3CCC(Cc4ncc(C(C)(C)C)c(-c5nn(C)cc5Cl)n4)CC3)nc2)cn1. The van der Waals surface area contributed by atoms with Crippen LogP contribution in [-0.4, -0.2) is 47.6 Å². The lowest BCUT2D eigenvalue weighted by molar-refractivity contribution is -0.122. The average molecular weight is 658 g/mol. The first-order valence-electron chi connectivity index (χ1n) is 16.6. The lowest BCUT2D eigenvalue weighted by Gasteiger charge is -2.33. The Bertz CT molecular complexity index is 1660. The van der Waals surface area contributed by atoms with Crippen LogP contribution < -0.4 is 4.74 Å². The molecule has 0 amide bonds. The van der Waals surface area contributed by atoms with Crippen LogP contribution in [0.1, 0.15) is 103 Å². The molecule has 1 unspecified atom stereocenters. The molecule has 250 valence electrons. The zero-order valence-electron chi connectivity index (χ0n) is 29.0. The fraction of sp³-hybridized carbons (Fsp3) is 0.541. The number of methoxy groups -OCH3 is 1. The van der Waals surface area contributed by atoms with Gasteiger partial charge in [-0.2, -0.15) is 5.10 Å². The van der Waals surface area contributed by atoms with E-state index >= 15 is 0 Å². The Morgan fingerprint density at radius 2 is 1.62 bits per heavy atom.